The lowest BCUT2D eigenvalue weighted by molar-refractivity contribution is -0.126. The first-order valence-electron chi connectivity index (χ1n) is 6.71. The Morgan fingerprint density at radius 2 is 2.16 bits per heavy atom. The monoisotopic (exact) mass is 257 g/mol. The molecule has 1 aromatic carbocycles. The molecular weight excluding hydrogens is 238 g/mol. The molecule has 1 heterocycles. The van der Waals surface area contributed by atoms with Gasteiger partial charge in [-0.1, -0.05) is 18.2 Å². The first-order valence-corrected chi connectivity index (χ1v) is 6.71. The molecule has 0 atom stereocenters. The van der Waals surface area contributed by atoms with E-state index in [0.717, 1.165) is 29.6 Å². The van der Waals surface area contributed by atoms with Gasteiger partial charge in [0.15, 0.2) is 0 Å². The molecule has 1 aliphatic rings. The first kappa shape index (κ1) is 12.2. The van der Waals surface area contributed by atoms with E-state index >= 15 is 0 Å². The number of aromatic nitrogens is 1. The van der Waals surface area contributed by atoms with Gasteiger partial charge < -0.3 is 16.0 Å². The summed E-state index contributed by atoms with van der Waals surface area (Å²) < 4.78 is 0. The van der Waals surface area contributed by atoms with Gasteiger partial charge in [-0.2, -0.15) is 0 Å². The molecule has 1 aromatic heterocycles. The number of nitrogens with one attached hydrogen (secondary N) is 2. The quantitative estimate of drug-likeness (QED) is 0.782. The van der Waals surface area contributed by atoms with Crippen molar-refractivity contribution in [3.05, 3.63) is 35.5 Å². The van der Waals surface area contributed by atoms with Gasteiger partial charge in [0.1, 0.15) is 0 Å². The van der Waals surface area contributed by atoms with Crippen molar-refractivity contribution in [3.8, 4) is 0 Å². The van der Waals surface area contributed by atoms with E-state index < -0.39 is 0 Å². The fraction of sp³-hybridized carbons (Fsp3) is 0.400. The average Bonchev–Trinajstić information content (AvgIpc) is 3.15. The number of benzene rings is 1. The molecule has 100 valence electrons. The highest BCUT2D eigenvalue weighted by molar-refractivity contribution is 5.87. The van der Waals surface area contributed by atoms with Gasteiger partial charge >= 0.3 is 0 Å². The third-order valence-corrected chi connectivity index (χ3v) is 4.18. The molecule has 4 heteroatoms. The summed E-state index contributed by atoms with van der Waals surface area (Å²) in [6.45, 7) is 3.06. The second kappa shape index (κ2) is 4.38. The third kappa shape index (κ3) is 2.02. The summed E-state index contributed by atoms with van der Waals surface area (Å²) in [6.07, 6.45) is 1.84. The molecule has 0 aliphatic heterocycles. The van der Waals surface area contributed by atoms with Crippen LogP contribution < -0.4 is 11.1 Å². The molecule has 1 saturated carbocycles. The molecule has 4 nitrogen and oxygen atoms in total. The largest absolute Gasteiger partial charge is 0.358 e. The Morgan fingerprint density at radius 1 is 1.42 bits per heavy atom. The van der Waals surface area contributed by atoms with E-state index in [-0.39, 0.29) is 11.3 Å². The average molecular weight is 257 g/mol. The Kier molecular flexibility index (Phi) is 2.82. The summed E-state index contributed by atoms with van der Waals surface area (Å²) in [4.78, 5) is 15.4. The molecule has 0 bridgehead atoms. The van der Waals surface area contributed by atoms with E-state index in [4.69, 9.17) is 5.73 Å². The lowest BCUT2D eigenvalue weighted by Crippen LogP contribution is -2.36. The van der Waals surface area contributed by atoms with Crippen molar-refractivity contribution in [2.45, 2.75) is 26.3 Å². The summed E-state index contributed by atoms with van der Waals surface area (Å²) in [6, 6.07) is 8.16. The van der Waals surface area contributed by atoms with Crippen LogP contribution in [0.15, 0.2) is 24.3 Å². The molecule has 0 radical (unpaired) electrons. The van der Waals surface area contributed by atoms with Gasteiger partial charge in [0.25, 0.3) is 0 Å². The number of rotatable bonds is 4. The minimum absolute atomic E-state index is 0.0969. The van der Waals surface area contributed by atoms with Crippen molar-refractivity contribution >= 4 is 16.8 Å². The first-order chi connectivity index (χ1) is 9.16. The molecule has 1 amide bonds. The number of para-hydroxylation sites is 1. The summed E-state index contributed by atoms with van der Waals surface area (Å²) in [5, 5.41) is 4.21. The van der Waals surface area contributed by atoms with Gasteiger partial charge in [0.2, 0.25) is 5.91 Å². The minimum atomic E-state index is -0.278. The lowest BCUT2D eigenvalue weighted by Gasteiger charge is -2.12. The van der Waals surface area contributed by atoms with E-state index in [0.29, 0.717) is 13.1 Å². The zero-order valence-electron chi connectivity index (χ0n) is 11.1. The highest BCUT2D eigenvalue weighted by Crippen LogP contribution is 2.44. The van der Waals surface area contributed by atoms with Crippen molar-refractivity contribution in [1.29, 1.82) is 0 Å². The van der Waals surface area contributed by atoms with Crippen LogP contribution in [-0.2, 0) is 11.3 Å². The number of hydrogen-bond donors (Lipinski definition) is 3. The molecular formula is C15H19N3O. The van der Waals surface area contributed by atoms with Crippen LogP contribution in [0.3, 0.4) is 0 Å². The molecule has 4 N–H and O–H groups in total. The van der Waals surface area contributed by atoms with Crippen LogP contribution in [0.4, 0.5) is 0 Å². The van der Waals surface area contributed by atoms with Crippen LogP contribution in [0.25, 0.3) is 10.9 Å². The predicted molar refractivity (Wildman–Crippen MR) is 75.6 cm³/mol. The van der Waals surface area contributed by atoms with Crippen molar-refractivity contribution < 1.29 is 4.79 Å². The standard InChI is InChI=1S/C15H19N3O/c1-10-12(11-4-2-3-5-13(11)18-10)8-17-14(19)15(9-16)6-7-15/h2-5,18H,6-9,16H2,1H3,(H,17,19). The Hall–Kier alpha value is -1.81. The van der Waals surface area contributed by atoms with Crippen molar-refractivity contribution in [2.24, 2.45) is 11.1 Å². The maximum atomic E-state index is 12.1. The number of fused-ring (bicyclic) bond motifs is 1. The van der Waals surface area contributed by atoms with Crippen LogP contribution in [0.2, 0.25) is 0 Å². The molecule has 0 spiro atoms. The van der Waals surface area contributed by atoms with Gasteiger partial charge in [-0.25, -0.2) is 0 Å². The molecule has 0 unspecified atom stereocenters. The summed E-state index contributed by atoms with van der Waals surface area (Å²) in [5.41, 5.74) is 8.78. The van der Waals surface area contributed by atoms with Crippen LogP contribution in [-0.4, -0.2) is 17.4 Å². The van der Waals surface area contributed by atoms with Gasteiger partial charge in [-0.3, -0.25) is 4.79 Å². The number of aromatic amines is 1. The number of carbonyl (C=O) groups is 1. The number of hydrogen-bond acceptors (Lipinski definition) is 2. The van der Waals surface area contributed by atoms with Gasteiger partial charge in [0.05, 0.1) is 5.41 Å². The number of amides is 1. The summed E-state index contributed by atoms with van der Waals surface area (Å²) in [7, 11) is 0. The van der Waals surface area contributed by atoms with Crippen molar-refractivity contribution in [1.82, 2.24) is 10.3 Å². The van der Waals surface area contributed by atoms with Crippen LogP contribution >= 0.6 is 0 Å². The predicted octanol–water partition coefficient (Wildman–Crippen LogP) is 1.83. The molecule has 2 aromatic rings. The van der Waals surface area contributed by atoms with Gasteiger partial charge in [0, 0.05) is 29.7 Å². The Bertz CT molecular complexity index is 625. The van der Waals surface area contributed by atoms with Crippen LogP contribution in [0.1, 0.15) is 24.1 Å². The minimum Gasteiger partial charge on any atom is -0.358 e. The normalized spacial score (nSPS) is 16.5. The highest BCUT2D eigenvalue weighted by Gasteiger charge is 2.48. The fourth-order valence-electron chi connectivity index (χ4n) is 2.59. The van der Waals surface area contributed by atoms with Crippen LogP contribution in [0.5, 0.6) is 0 Å². The Labute approximate surface area is 112 Å². The molecule has 3 rings (SSSR count). The highest BCUT2D eigenvalue weighted by atomic mass is 16.2. The fourth-order valence-corrected chi connectivity index (χ4v) is 2.59. The van der Waals surface area contributed by atoms with Gasteiger partial charge in [-0.15, -0.1) is 0 Å². The van der Waals surface area contributed by atoms with E-state index in [1.54, 1.807) is 0 Å². The van der Waals surface area contributed by atoms with Gasteiger partial charge in [-0.05, 0) is 31.4 Å². The Balaban J connectivity index is 1.79. The number of carbonyl (C=O) groups excluding carboxylic acids is 1. The molecule has 1 aliphatic carbocycles. The zero-order valence-corrected chi connectivity index (χ0v) is 11.1. The number of H-pyrrole nitrogens is 1. The number of aryl methyl sites for hydroxylation is 1. The second-order valence-corrected chi connectivity index (χ2v) is 5.44. The maximum Gasteiger partial charge on any atom is 0.227 e. The maximum absolute atomic E-state index is 12.1. The topological polar surface area (TPSA) is 70.9 Å². The Morgan fingerprint density at radius 3 is 2.84 bits per heavy atom. The summed E-state index contributed by atoms with van der Waals surface area (Å²) in [5.74, 6) is 0.0969. The van der Waals surface area contributed by atoms with E-state index in [9.17, 15) is 4.79 Å². The number of nitrogens with two attached hydrogens (primary N) is 1. The van der Waals surface area contributed by atoms with Crippen molar-refractivity contribution in [2.75, 3.05) is 6.54 Å². The van der Waals surface area contributed by atoms with Crippen molar-refractivity contribution in [3.63, 3.8) is 0 Å². The molecule has 1 fully saturated rings. The summed E-state index contributed by atoms with van der Waals surface area (Å²) >= 11 is 0. The SMILES string of the molecule is Cc1[nH]c2ccccc2c1CNC(=O)C1(CN)CC1. The lowest BCUT2D eigenvalue weighted by atomic mass is 10.1. The van der Waals surface area contributed by atoms with E-state index in [2.05, 4.69) is 22.4 Å². The third-order valence-electron chi connectivity index (χ3n) is 4.18. The molecule has 19 heavy (non-hydrogen) atoms. The zero-order chi connectivity index (χ0) is 13.5. The van der Waals surface area contributed by atoms with Crippen LogP contribution in [0, 0.1) is 12.3 Å². The van der Waals surface area contributed by atoms with E-state index in [1.807, 2.05) is 19.1 Å². The molecule has 0 saturated heterocycles. The second-order valence-electron chi connectivity index (χ2n) is 5.44. The van der Waals surface area contributed by atoms with E-state index in [1.165, 1.54) is 5.39 Å². The smallest absolute Gasteiger partial charge is 0.227 e.